The molecule has 0 spiro atoms. The Morgan fingerprint density at radius 1 is 0.963 bits per heavy atom. The van der Waals surface area contributed by atoms with Crippen LogP contribution in [0.5, 0.6) is 5.75 Å². The third-order valence-corrected chi connectivity index (χ3v) is 4.19. The fourth-order valence-corrected chi connectivity index (χ4v) is 2.73. The minimum Gasteiger partial charge on any atom is -0.492 e. The van der Waals surface area contributed by atoms with Gasteiger partial charge in [0.1, 0.15) is 12.4 Å². The molecular formula is C21H32Cl2N2O2. The highest BCUT2D eigenvalue weighted by atomic mass is 35.5. The van der Waals surface area contributed by atoms with E-state index in [0.717, 1.165) is 25.3 Å². The topological polar surface area (TPSA) is 42.5 Å². The molecule has 2 atom stereocenters. The molecular weight excluding hydrogens is 383 g/mol. The van der Waals surface area contributed by atoms with Gasteiger partial charge >= 0.3 is 0 Å². The zero-order valence-corrected chi connectivity index (χ0v) is 17.9. The van der Waals surface area contributed by atoms with Gasteiger partial charge in [0.25, 0.3) is 0 Å². The van der Waals surface area contributed by atoms with Crippen LogP contribution in [0.2, 0.25) is 0 Å². The van der Waals surface area contributed by atoms with Crippen molar-refractivity contribution in [1.82, 2.24) is 10.6 Å². The Labute approximate surface area is 175 Å². The zero-order chi connectivity index (χ0) is 17.9. The summed E-state index contributed by atoms with van der Waals surface area (Å²) in [6.07, 6.45) is 1.05. The molecule has 152 valence electrons. The molecule has 0 saturated heterocycles. The standard InChI is InChI=1S/C21H30N2O2.2ClH/c1-17(23-16-21(24-3)19-7-5-4-6-8-19)15-18-9-11-20(12-10-18)25-14-13-22-2;;/h4-12,17,21-23H,13-16H2,1-3H3;2*1H. The molecule has 0 heterocycles. The van der Waals surface area contributed by atoms with Crippen molar-refractivity contribution < 1.29 is 9.47 Å². The largest absolute Gasteiger partial charge is 0.492 e. The first-order valence-corrected chi connectivity index (χ1v) is 8.90. The molecule has 0 aliphatic rings. The van der Waals surface area contributed by atoms with Crippen LogP contribution in [-0.4, -0.2) is 39.9 Å². The highest BCUT2D eigenvalue weighted by Crippen LogP contribution is 2.16. The van der Waals surface area contributed by atoms with Crippen molar-refractivity contribution in [3.8, 4) is 5.75 Å². The second kappa shape index (κ2) is 14.7. The summed E-state index contributed by atoms with van der Waals surface area (Å²) in [4.78, 5) is 0. The summed E-state index contributed by atoms with van der Waals surface area (Å²) >= 11 is 0. The number of hydrogen-bond donors (Lipinski definition) is 2. The van der Waals surface area contributed by atoms with Crippen LogP contribution in [0.4, 0.5) is 0 Å². The lowest BCUT2D eigenvalue weighted by molar-refractivity contribution is 0.0999. The summed E-state index contributed by atoms with van der Waals surface area (Å²) in [6, 6.07) is 19.1. The Balaban J connectivity index is 0.00000338. The second-order valence-corrected chi connectivity index (χ2v) is 6.24. The van der Waals surface area contributed by atoms with E-state index in [1.807, 2.05) is 37.4 Å². The lowest BCUT2D eigenvalue weighted by atomic mass is 10.1. The number of ether oxygens (including phenoxy) is 2. The summed E-state index contributed by atoms with van der Waals surface area (Å²) in [6.45, 7) is 4.54. The molecule has 4 nitrogen and oxygen atoms in total. The molecule has 0 saturated carbocycles. The summed E-state index contributed by atoms with van der Waals surface area (Å²) in [7, 11) is 3.68. The summed E-state index contributed by atoms with van der Waals surface area (Å²) in [5, 5.41) is 6.64. The average molecular weight is 415 g/mol. The van der Waals surface area contributed by atoms with Gasteiger partial charge in [-0.1, -0.05) is 42.5 Å². The van der Waals surface area contributed by atoms with Crippen molar-refractivity contribution in [2.75, 3.05) is 33.9 Å². The Bertz CT molecular complexity index is 597. The minimum absolute atomic E-state index is 0. The molecule has 0 aliphatic carbocycles. The SMILES string of the molecule is CNCCOc1ccc(CC(C)NCC(OC)c2ccccc2)cc1.Cl.Cl. The quantitative estimate of drug-likeness (QED) is 0.544. The molecule has 0 amide bonds. The average Bonchev–Trinajstić information content (AvgIpc) is 2.65. The Hall–Kier alpha value is -1.30. The Morgan fingerprint density at radius 3 is 2.22 bits per heavy atom. The fourth-order valence-electron chi connectivity index (χ4n) is 2.73. The first-order chi connectivity index (χ1) is 12.2. The van der Waals surface area contributed by atoms with Crippen LogP contribution in [0.1, 0.15) is 24.2 Å². The molecule has 2 aromatic carbocycles. The van der Waals surface area contributed by atoms with Crippen LogP contribution in [0, 0.1) is 0 Å². The van der Waals surface area contributed by atoms with Crippen LogP contribution in [0.25, 0.3) is 0 Å². The van der Waals surface area contributed by atoms with Crippen LogP contribution in [0.15, 0.2) is 54.6 Å². The molecule has 0 radical (unpaired) electrons. The van der Waals surface area contributed by atoms with Crippen LogP contribution in [0.3, 0.4) is 0 Å². The maximum Gasteiger partial charge on any atom is 0.119 e. The predicted octanol–water partition coefficient (Wildman–Crippen LogP) is 4.04. The second-order valence-electron chi connectivity index (χ2n) is 6.24. The van der Waals surface area contributed by atoms with Gasteiger partial charge in [-0.15, -0.1) is 24.8 Å². The number of halogens is 2. The summed E-state index contributed by atoms with van der Waals surface area (Å²) < 4.78 is 11.3. The molecule has 27 heavy (non-hydrogen) atoms. The maximum absolute atomic E-state index is 5.65. The number of rotatable bonds is 11. The van der Waals surface area contributed by atoms with E-state index in [9.17, 15) is 0 Å². The molecule has 2 aromatic rings. The Kier molecular flexibility index (Phi) is 14.0. The molecule has 0 fully saturated rings. The van der Waals surface area contributed by atoms with Gasteiger partial charge in [-0.05, 0) is 43.7 Å². The van der Waals surface area contributed by atoms with Gasteiger partial charge in [0.05, 0.1) is 6.10 Å². The summed E-state index contributed by atoms with van der Waals surface area (Å²) in [5.41, 5.74) is 2.50. The Morgan fingerprint density at radius 2 is 1.63 bits per heavy atom. The minimum atomic E-state index is 0. The van der Waals surface area contributed by atoms with Crippen molar-refractivity contribution in [3.05, 3.63) is 65.7 Å². The summed E-state index contributed by atoms with van der Waals surface area (Å²) in [5.74, 6) is 0.920. The zero-order valence-electron chi connectivity index (χ0n) is 16.3. The van der Waals surface area contributed by atoms with Gasteiger partial charge in [0, 0.05) is 26.2 Å². The molecule has 0 bridgehead atoms. The number of methoxy groups -OCH3 is 1. The molecule has 2 unspecified atom stereocenters. The van der Waals surface area contributed by atoms with Gasteiger partial charge in [-0.25, -0.2) is 0 Å². The van der Waals surface area contributed by atoms with Crippen molar-refractivity contribution in [3.63, 3.8) is 0 Å². The van der Waals surface area contributed by atoms with E-state index in [-0.39, 0.29) is 30.9 Å². The number of benzene rings is 2. The van der Waals surface area contributed by atoms with Gasteiger partial charge < -0.3 is 20.1 Å². The van der Waals surface area contributed by atoms with E-state index in [4.69, 9.17) is 9.47 Å². The monoisotopic (exact) mass is 414 g/mol. The smallest absolute Gasteiger partial charge is 0.119 e. The van der Waals surface area contributed by atoms with Crippen LogP contribution >= 0.6 is 24.8 Å². The van der Waals surface area contributed by atoms with E-state index in [1.54, 1.807) is 7.11 Å². The third kappa shape index (κ3) is 9.45. The van der Waals surface area contributed by atoms with E-state index in [2.05, 4.69) is 41.8 Å². The van der Waals surface area contributed by atoms with Crippen molar-refractivity contribution in [2.45, 2.75) is 25.5 Å². The van der Waals surface area contributed by atoms with Crippen molar-refractivity contribution in [1.29, 1.82) is 0 Å². The highest BCUT2D eigenvalue weighted by Gasteiger charge is 2.12. The van der Waals surface area contributed by atoms with Crippen LogP contribution < -0.4 is 15.4 Å². The molecule has 6 heteroatoms. The molecule has 0 aliphatic heterocycles. The van der Waals surface area contributed by atoms with Gasteiger partial charge in [-0.2, -0.15) is 0 Å². The van der Waals surface area contributed by atoms with Gasteiger partial charge in [0.2, 0.25) is 0 Å². The van der Waals surface area contributed by atoms with Crippen molar-refractivity contribution in [2.24, 2.45) is 0 Å². The number of nitrogens with one attached hydrogen (secondary N) is 2. The van der Waals surface area contributed by atoms with Gasteiger partial charge in [-0.3, -0.25) is 0 Å². The molecule has 2 N–H and O–H groups in total. The normalized spacial score (nSPS) is 12.4. The highest BCUT2D eigenvalue weighted by molar-refractivity contribution is 5.85. The molecule has 0 aromatic heterocycles. The lowest BCUT2D eigenvalue weighted by Gasteiger charge is -2.20. The van der Waals surface area contributed by atoms with Crippen LogP contribution in [-0.2, 0) is 11.2 Å². The van der Waals surface area contributed by atoms with E-state index in [0.29, 0.717) is 12.6 Å². The van der Waals surface area contributed by atoms with Gasteiger partial charge in [0.15, 0.2) is 0 Å². The van der Waals surface area contributed by atoms with Crippen molar-refractivity contribution >= 4 is 24.8 Å². The number of likely N-dealkylation sites (N-methyl/N-ethyl adjacent to an activating group) is 1. The van der Waals surface area contributed by atoms with E-state index < -0.39 is 0 Å². The molecule has 2 rings (SSSR count). The fraction of sp³-hybridized carbons (Fsp3) is 0.429. The van der Waals surface area contributed by atoms with E-state index in [1.165, 1.54) is 11.1 Å². The number of hydrogen-bond acceptors (Lipinski definition) is 4. The predicted molar refractivity (Wildman–Crippen MR) is 118 cm³/mol. The van der Waals surface area contributed by atoms with E-state index >= 15 is 0 Å². The maximum atomic E-state index is 5.65. The first-order valence-electron chi connectivity index (χ1n) is 8.90. The first kappa shape index (κ1) is 25.7. The lowest BCUT2D eigenvalue weighted by Crippen LogP contribution is -2.32. The third-order valence-electron chi connectivity index (χ3n) is 4.19.